The molecule has 2 unspecified atom stereocenters. The van der Waals surface area contributed by atoms with Crippen LogP contribution in [0.15, 0.2) is 24.3 Å². The molecule has 1 aliphatic heterocycles. The van der Waals surface area contributed by atoms with Crippen molar-refractivity contribution in [3.8, 4) is 5.75 Å². The molecule has 5 heteroatoms. The van der Waals surface area contributed by atoms with Gasteiger partial charge in [-0.2, -0.15) is 0 Å². The van der Waals surface area contributed by atoms with E-state index in [-0.39, 0.29) is 11.5 Å². The van der Waals surface area contributed by atoms with Gasteiger partial charge in [-0.15, -0.1) is 11.8 Å². The minimum atomic E-state index is -0.459. The summed E-state index contributed by atoms with van der Waals surface area (Å²) in [4.78, 5) is 14.3. The molecule has 4 nitrogen and oxygen atoms in total. The number of ether oxygens (including phenoxy) is 2. The SMILES string of the molecule is COc1ccccc1C1CCN(C(=O)OC(C)(C)C)C(SC)C1. The van der Waals surface area contributed by atoms with Crippen LogP contribution in [0, 0.1) is 0 Å². The summed E-state index contributed by atoms with van der Waals surface area (Å²) in [6.45, 7) is 6.42. The number of benzene rings is 1. The van der Waals surface area contributed by atoms with Crippen molar-refractivity contribution in [3.63, 3.8) is 0 Å². The summed E-state index contributed by atoms with van der Waals surface area (Å²) in [6, 6.07) is 8.17. The number of carbonyl (C=O) groups is 1. The van der Waals surface area contributed by atoms with E-state index in [4.69, 9.17) is 9.47 Å². The van der Waals surface area contributed by atoms with Gasteiger partial charge in [-0.3, -0.25) is 4.90 Å². The number of para-hydroxylation sites is 1. The number of amides is 1. The van der Waals surface area contributed by atoms with E-state index in [0.717, 1.165) is 18.6 Å². The van der Waals surface area contributed by atoms with Gasteiger partial charge in [0.1, 0.15) is 11.4 Å². The molecule has 0 N–H and O–H groups in total. The van der Waals surface area contributed by atoms with Gasteiger partial charge in [0.2, 0.25) is 0 Å². The second-order valence-corrected chi connectivity index (χ2v) is 7.84. The smallest absolute Gasteiger partial charge is 0.411 e. The summed E-state index contributed by atoms with van der Waals surface area (Å²) in [5.74, 6) is 1.34. The number of nitrogens with zero attached hydrogens (tertiary/aromatic N) is 1. The van der Waals surface area contributed by atoms with Crippen molar-refractivity contribution >= 4 is 17.9 Å². The van der Waals surface area contributed by atoms with E-state index >= 15 is 0 Å². The lowest BCUT2D eigenvalue weighted by atomic mass is 9.88. The molecule has 0 saturated carbocycles. The molecule has 0 aliphatic carbocycles. The van der Waals surface area contributed by atoms with Gasteiger partial charge in [0.15, 0.2) is 0 Å². The van der Waals surface area contributed by atoms with E-state index in [1.54, 1.807) is 18.9 Å². The highest BCUT2D eigenvalue weighted by Gasteiger charge is 2.35. The molecule has 0 spiro atoms. The molecular formula is C18H27NO3S. The number of hydrogen-bond donors (Lipinski definition) is 0. The van der Waals surface area contributed by atoms with Gasteiger partial charge in [-0.05, 0) is 57.4 Å². The third-order valence-electron chi connectivity index (χ3n) is 4.03. The average Bonchev–Trinajstić information content (AvgIpc) is 2.52. The molecule has 128 valence electrons. The number of carbonyl (C=O) groups excluding carboxylic acids is 1. The van der Waals surface area contributed by atoms with Crippen LogP contribution in [-0.4, -0.2) is 41.9 Å². The van der Waals surface area contributed by atoms with Crippen molar-refractivity contribution in [3.05, 3.63) is 29.8 Å². The first kappa shape index (κ1) is 18.0. The second kappa shape index (κ2) is 7.47. The molecule has 1 fully saturated rings. The third kappa shape index (κ3) is 4.56. The lowest BCUT2D eigenvalue weighted by molar-refractivity contribution is 0.0173. The summed E-state index contributed by atoms with van der Waals surface area (Å²) in [7, 11) is 1.71. The Labute approximate surface area is 143 Å². The van der Waals surface area contributed by atoms with Gasteiger partial charge >= 0.3 is 6.09 Å². The fourth-order valence-electron chi connectivity index (χ4n) is 2.97. The number of thioether (sulfide) groups is 1. The molecule has 2 rings (SSSR count). The lowest BCUT2D eigenvalue weighted by Gasteiger charge is -2.39. The van der Waals surface area contributed by atoms with Crippen molar-refractivity contribution < 1.29 is 14.3 Å². The molecule has 0 aromatic heterocycles. The average molecular weight is 337 g/mol. The lowest BCUT2D eigenvalue weighted by Crippen LogP contribution is -2.46. The quantitative estimate of drug-likeness (QED) is 0.814. The highest BCUT2D eigenvalue weighted by atomic mass is 32.2. The van der Waals surface area contributed by atoms with Gasteiger partial charge in [0.05, 0.1) is 12.5 Å². The maximum atomic E-state index is 12.4. The van der Waals surface area contributed by atoms with Crippen LogP contribution in [0.3, 0.4) is 0 Å². The predicted molar refractivity (Wildman–Crippen MR) is 95.2 cm³/mol. The highest BCUT2D eigenvalue weighted by molar-refractivity contribution is 7.99. The number of likely N-dealkylation sites (tertiary alicyclic amines) is 1. The Morgan fingerprint density at radius 3 is 2.61 bits per heavy atom. The van der Waals surface area contributed by atoms with Crippen LogP contribution < -0.4 is 4.74 Å². The van der Waals surface area contributed by atoms with Crippen molar-refractivity contribution in [1.29, 1.82) is 0 Å². The summed E-state index contributed by atoms with van der Waals surface area (Å²) < 4.78 is 11.0. The maximum Gasteiger partial charge on any atom is 0.411 e. The summed E-state index contributed by atoms with van der Waals surface area (Å²) in [5, 5.41) is 0.133. The number of methoxy groups -OCH3 is 1. The molecule has 1 aromatic carbocycles. The molecule has 1 aromatic rings. The van der Waals surface area contributed by atoms with Gasteiger partial charge in [0, 0.05) is 6.54 Å². The topological polar surface area (TPSA) is 38.8 Å². The van der Waals surface area contributed by atoms with Crippen LogP contribution in [0.1, 0.15) is 45.1 Å². The van der Waals surface area contributed by atoms with Gasteiger partial charge < -0.3 is 9.47 Å². The van der Waals surface area contributed by atoms with Gasteiger partial charge in [-0.1, -0.05) is 18.2 Å². The first-order valence-electron chi connectivity index (χ1n) is 8.01. The van der Waals surface area contributed by atoms with Crippen LogP contribution in [0.25, 0.3) is 0 Å². The van der Waals surface area contributed by atoms with E-state index in [1.807, 2.05) is 50.1 Å². The zero-order valence-corrected chi connectivity index (χ0v) is 15.5. The summed E-state index contributed by atoms with van der Waals surface area (Å²) in [5.41, 5.74) is 0.775. The van der Waals surface area contributed by atoms with E-state index in [9.17, 15) is 4.79 Å². The molecule has 1 aliphatic rings. The molecule has 0 radical (unpaired) electrons. The fraction of sp³-hybridized carbons (Fsp3) is 0.611. The van der Waals surface area contributed by atoms with Crippen molar-refractivity contribution in [1.82, 2.24) is 4.90 Å². The van der Waals surface area contributed by atoms with Gasteiger partial charge in [0.25, 0.3) is 0 Å². The molecule has 2 atom stereocenters. The molecule has 1 saturated heterocycles. The van der Waals surface area contributed by atoms with Crippen LogP contribution in [-0.2, 0) is 4.74 Å². The van der Waals surface area contributed by atoms with E-state index in [0.29, 0.717) is 12.5 Å². The zero-order valence-electron chi connectivity index (χ0n) is 14.7. The largest absolute Gasteiger partial charge is 0.496 e. The Morgan fingerprint density at radius 1 is 1.30 bits per heavy atom. The van der Waals surface area contributed by atoms with Gasteiger partial charge in [-0.25, -0.2) is 4.79 Å². The monoisotopic (exact) mass is 337 g/mol. The molecule has 1 heterocycles. The Bertz CT molecular complexity index is 541. The predicted octanol–water partition coefficient (Wildman–Crippen LogP) is 4.50. The molecule has 0 bridgehead atoms. The highest BCUT2D eigenvalue weighted by Crippen LogP contribution is 2.39. The molecule has 23 heavy (non-hydrogen) atoms. The molecular weight excluding hydrogens is 310 g/mol. The van der Waals surface area contributed by atoms with Crippen LogP contribution in [0.4, 0.5) is 4.79 Å². The van der Waals surface area contributed by atoms with Crippen LogP contribution in [0.5, 0.6) is 5.75 Å². The summed E-state index contributed by atoms with van der Waals surface area (Å²) in [6.07, 6.45) is 3.68. The second-order valence-electron chi connectivity index (χ2n) is 6.83. The number of rotatable bonds is 3. The van der Waals surface area contributed by atoms with Crippen molar-refractivity contribution in [2.24, 2.45) is 0 Å². The Kier molecular flexibility index (Phi) is 5.84. The van der Waals surface area contributed by atoms with Crippen molar-refractivity contribution in [2.75, 3.05) is 19.9 Å². The summed E-state index contributed by atoms with van der Waals surface area (Å²) >= 11 is 1.70. The van der Waals surface area contributed by atoms with E-state index in [1.165, 1.54) is 5.56 Å². The van der Waals surface area contributed by atoms with Crippen LogP contribution in [0.2, 0.25) is 0 Å². The first-order valence-corrected chi connectivity index (χ1v) is 9.30. The number of hydrogen-bond acceptors (Lipinski definition) is 4. The zero-order chi connectivity index (χ0) is 17.0. The van der Waals surface area contributed by atoms with Crippen LogP contribution >= 0.6 is 11.8 Å². The minimum Gasteiger partial charge on any atom is -0.496 e. The minimum absolute atomic E-state index is 0.133. The Hall–Kier alpha value is -1.36. The standard InChI is InChI=1S/C18H27NO3S/c1-18(2,3)22-17(20)19-11-10-13(12-16(19)23-5)14-8-6-7-9-15(14)21-4/h6-9,13,16H,10-12H2,1-5H3. The van der Waals surface area contributed by atoms with E-state index in [2.05, 4.69) is 6.07 Å². The molecule has 1 amide bonds. The van der Waals surface area contributed by atoms with E-state index < -0.39 is 5.60 Å². The van der Waals surface area contributed by atoms with Crippen molar-refractivity contribution in [2.45, 2.75) is 50.5 Å². The third-order valence-corrected chi connectivity index (χ3v) is 5.02. The Balaban J connectivity index is 2.11. The Morgan fingerprint density at radius 2 is 2.00 bits per heavy atom. The maximum absolute atomic E-state index is 12.4. The first-order chi connectivity index (χ1) is 10.9. The fourth-order valence-corrected chi connectivity index (χ4v) is 3.84. The number of piperidine rings is 1. The normalized spacial score (nSPS) is 21.9.